The molecule has 8 bridgehead atoms. The maximum absolute atomic E-state index is 11.6. The van der Waals surface area contributed by atoms with Crippen molar-refractivity contribution in [3.8, 4) is 68.5 Å². The molecule has 14 nitrogen and oxygen atoms in total. The molecule has 15 heteroatoms. The molecule has 0 aliphatic carbocycles. The van der Waals surface area contributed by atoms with Gasteiger partial charge in [0, 0.05) is 44.8 Å². The van der Waals surface area contributed by atoms with Gasteiger partial charge in [0.15, 0.2) is 11.5 Å². The molecule has 11 rings (SSSR count). The Morgan fingerprint density at radius 2 is 0.721 bits per heavy atom. The van der Waals surface area contributed by atoms with Crippen LogP contribution >= 0.6 is 0 Å². The molecule has 0 spiro atoms. The number of aromatic nitrogens is 8. The number of carboxylic acids is 2. The number of ether oxygens (including phenoxy) is 2. The maximum atomic E-state index is 11.6. The third-order valence-electron chi connectivity index (χ3n) is 10.1. The van der Waals surface area contributed by atoms with Crippen LogP contribution in [0, 0.1) is 0 Å². The van der Waals surface area contributed by atoms with Crippen LogP contribution < -0.4 is 19.4 Å². The van der Waals surface area contributed by atoms with Crippen molar-refractivity contribution < 1.29 is 48.8 Å². The number of benzene rings is 6. The Hall–Kier alpha value is -8.16. The Labute approximate surface area is 356 Å². The smallest absolute Gasteiger partial charge is 0.478 e. The minimum atomic E-state index is -1.08. The molecule has 5 heterocycles. The zero-order valence-corrected chi connectivity index (χ0v) is 34.5. The SMILES string of the molecule is O=C(O)c1ccc(Oc2cc3c4nc5nc(nc6[n-]c(nc7nc(nc([n-]4)c3cc2Oc2ccc(C(=O)O)cc2)-c2ccccc2-7)c2ccccc62)-c2ccccc2-5)cc1.[Zn+2]. The van der Waals surface area contributed by atoms with Gasteiger partial charge in [0.2, 0.25) is 0 Å². The van der Waals surface area contributed by atoms with Gasteiger partial charge in [-0.15, -0.1) is 0 Å². The summed E-state index contributed by atoms with van der Waals surface area (Å²) in [6.45, 7) is 0. The summed E-state index contributed by atoms with van der Waals surface area (Å²) in [6.07, 6.45) is 0. The van der Waals surface area contributed by atoms with E-state index in [4.69, 9.17) is 49.3 Å². The van der Waals surface area contributed by atoms with Gasteiger partial charge in [-0.25, -0.2) is 19.6 Å². The number of nitrogens with zero attached hydrogens (tertiary/aromatic N) is 8. The van der Waals surface area contributed by atoms with Crippen molar-refractivity contribution in [2.45, 2.75) is 0 Å². The summed E-state index contributed by atoms with van der Waals surface area (Å²) < 4.78 is 12.8. The summed E-state index contributed by atoms with van der Waals surface area (Å²) in [7, 11) is 0. The van der Waals surface area contributed by atoms with E-state index in [-0.39, 0.29) is 53.4 Å². The first-order valence-electron chi connectivity index (χ1n) is 18.5. The standard InChI is InChI=1S/C46H26N8O6.Zn/c55-45(56)23-13-17-25(18-14-23)59-35-21-33-34(22-36(35)60-26-19-15-24(16-20-26)46(57)58)44-53-42-32-12-6-4-10-30(32)40(51-42)49-38-28-8-2-1-7-27(28)37(47-38)48-39-29-9-3-5-11-31(29)41(50-39)52-43(33)54-44;/h1-22H,(H4,47,48,49,50,51,52,53,54,55,56,57,58);/q;+2/p-2. The average Bonchev–Trinajstić information content (AvgIpc) is 4.00. The fourth-order valence-electron chi connectivity index (χ4n) is 7.26. The topological polar surface area (TPSA) is 199 Å². The van der Waals surface area contributed by atoms with Crippen LogP contribution in [0.25, 0.3) is 89.7 Å². The van der Waals surface area contributed by atoms with Gasteiger partial charge in [0.05, 0.1) is 34.4 Å². The van der Waals surface area contributed by atoms with Gasteiger partial charge < -0.3 is 49.6 Å². The van der Waals surface area contributed by atoms with E-state index in [0.717, 1.165) is 33.0 Å². The van der Waals surface area contributed by atoms with E-state index in [1.807, 2.05) is 72.8 Å². The molecule has 3 aromatic heterocycles. The number of fused-ring (bicyclic) bond motifs is 20. The maximum Gasteiger partial charge on any atom is 2.00 e. The molecule has 2 aliphatic heterocycles. The summed E-state index contributed by atoms with van der Waals surface area (Å²) in [5.74, 6) is 0.537. The fourth-order valence-corrected chi connectivity index (χ4v) is 7.26. The molecule has 0 amide bonds. The first-order chi connectivity index (χ1) is 29.3. The minimum Gasteiger partial charge on any atom is -0.478 e. The molecule has 0 fully saturated rings. The van der Waals surface area contributed by atoms with E-state index in [2.05, 4.69) is 0 Å². The van der Waals surface area contributed by atoms with Crippen LogP contribution in [-0.2, 0) is 19.5 Å². The summed E-state index contributed by atoms with van der Waals surface area (Å²) >= 11 is 0. The molecule has 0 radical (unpaired) electrons. The molecular formula is C46H24N8O6Zn. The molecule has 0 atom stereocenters. The van der Waals surface area contributed by atoms with E-state index >= 15 is 0 Å². The Morgan fingerprint density at radius 3 is 1.05 bits per heavy atom. The second kappa shape index (κ2) is 14.6. The number of carboxylic acid groups (broad SMARTS) is 2. The van der Waals surface area contributed by atoms with Crippen molar-refractivity contribution >= 4 is 56.1 Å². The second-order valence-corrected chi connectivity index (χ2v) is 13.8. The van der Waals surface area contributed by atoms with E-state index < -0.39 is 11.9 Å². The molecule has 0 saturated carbocycles. The second-order valence-electron chi connectivity index (χ2n) is 13.8. The first-order valence-corrected chi connectivity index (χ1v) is 18.5. The Morgan fingerprint density at radius 1 is 0.410 bits per heavy atom. The average molecular weight is 850 g/mol. The summed E-state index contributed by atoms with van der Waals surface area (Å²) in [5, 5.41) is 21.7. The molecule has 6 aromatic carbocycles. The van der Waals surface area contributed by atoms with Gasteiger partial charge in [-0.1, -0.05) is 72.8 Å². The molecule has 2 N–H and O–H groups in total. The van der Waals surface area contributed by atoms with Gasteiger partial charge in [0.1, 0.15) is 11.5 Å². The van der Waals surface area contributed by atoms with Crippen LogP contribution in [0.2, 0.25) is 0 Å². The Kier molecular flexibility index (Phi) is 8.88. The van der Waals surface area contributed by atoms with Crippen molar-refractivity contribution in [1.82, 2.24) is 39.9 Å². The molecule has 0 saturated heterocycles. The van der Waals surface area contributed by atoms with Crippen LogP contribution in [0.5, 0.6) is 23.0 Å². The van der Waals surface area contributed by atoms with Gasteiger partial charge in [-0.2, -0.15) is 0 Å². The van der Waals surface area contributed by atoms with Gasteiger partial charge in [0.25, 0.3) is 0 Å². The van der Waals surface area contributed by atoms with E-state index in [9.17, 15) is 19.8 Å². The van der Waals surface area contributed by atoms with E-state index in [0.29, 0.717) is 56.9 Å². The van der Waals surface area contributed by atoms with E-state index in [1.54, 1.807) is 12.1 Å². The minimum absolute atomic E-state index is 0. The first kappa shape index (κ1) is 37.1. The van der Waals surface area contributed by atoms with Crippen molar-refractivity contribution in [3.63, 3.8) is 0 Å². The van der Waals surface area contributed by atoms with Crippen molar-refractivity contribution in [2.75, 3.05) is 0 Å². The largest absolute Gasteiger partial charge is 2.00 e. The van der Waals surface area contributed by atoms with Crippen LogP contribution in [0.15, 0.2) is 133 Å². The van der Waals surface area contributed by atoms with Gasteiger partial charge >= 0.3 is 31.4 Å². The van der Waals surface area contributed by atoms with Gasteiger partial charge in [-0.05, 0) is 82.2 Å². The quantitative estimate of drug-likeness (QED) is 0.150. The van der Waals surface area contributed by atoms with Crippen LogP contribution in [0.3, 0.4) is 0 Å². The molecule has 2 aliphatic rings. The molecular weight excluding hydrogens is 826 g/mol. The number of rotatable bonds is 6. The number of hydrogen-bond acceptors (Lipinski definition) is 10. The van der Waals surface area contributed by atoms with Crippen molar-refractivity contribution in [2.24, 2.45) is 0 Å². The molecule has 0 unspecified atom stereocenters. The predicted molar refractivity (Wildman–Crippen MR) is 221 cm³/mol. The number of aromatic carboxylic acids is 2. The van der Waals surface area contributed by atoms with Gasteiger partial charge in [-0.3, -0.25) is 0 Å². The number of carbonyl (C=O) groups is 2. The number of hydrogen-bond donors (Lipinski definition) is 2. The molecule has 286 valence electrons. The molecule has 61 heavy (non-hydrogen) atoms. The van der Waals surface area contributed by atoms with Crippen LogP contribution in [0.1, 0.15) is 20.7 Å². The van der Waals surface area contributed by atoms with Crippen molar-refractivity contribution in [1.29, 1.82) is 0 Å². The van der Waals surface area contributed by atoms with Crippen LogP contribution in [-0.4, -0.2) is 52.1 Å². The third kappa shape index (κ3) is 6.49. The predicted octanol–water partition coefficient (Wildman–Crippen LogP) is 9.11. The van der Waals surface area contributed by atoms with Crippen molar-refractivity contribution in [3.05, 3.63) is 145 Å². The fraction of sp³-hybridized carbons (Fsp3) is 0. The third-order valence-corrected chi connectivity index (χ3v) is 10.1. The summed E-state index contributed by atoms with van der Waals surface area (Å²) in [5.41, 5.74) is 4.63. The Balaban J connectivity index is 0.00000445. The van der Waals surface area contributed by atoms with E-state index in [1.165, 1.54) is 48.5 Å². The monoisotopic (exact) mass is 848 g/mol. The zero-order valence-electron chi connectivity index (χ0n) is 31.5. The molecule has 9 aromatic rings. The normalized spacial score (nSPS) is 11.4. The van der Waals surface area contributed by atoms with Crippen LogP contribution in [0.4, 0.5) is 0 Å². The Bertz CT molecular complexity index is 3240. The zero-order chi connectivity index (χ0) is 40.5. The summed E-state index contributed by atoms with van der Waals surface area (Å²) in [4.78, 5) is 63.0. The summed E-state index contributed by atoms with van der Waals surface area (Å²) in [6, 6.07) is 38.4.